The molecule has 1 fully saturated rings. The summed E-state index contributed by atoms with van der Waals surface area (Å²) in [4.78, 5) is 0. The van der Waals surface area contributed by atoms with E-state index in [9.17, 15) is 5.11 Å². The normalized spacial score (nSPS) is 20.2. The van der Waals surface area contributed by atoms with Crippen LogP contribution < -0.4 is 10.1 Å². The van der Waals surface area contributed by atoms with Gasteiger partial charge in [0, 0.05) is 6.07 Å². The lowest BCUT2D eigenvalue weighted by Crippen LogP contribution is -2.30. The number of nitrogens with one attached hydrogen (secondary N) is 1. The third-order valence-electron chi connectivity index (χ3n) is 3.26. The Morgan fingerprint density at radius 1 is 1.53 bits per heavy atom. The zero-order valence-corrected chi connectivity index (χ0v) is 11.6. The summed E-state index contributed by atoms with van der Waals surface area (Å²) in [5.74, 6) is 1.62. The number of benzene rings is 1. The molecule has 94 valence electrons. The fourth-order valence-electron chi connectivity index (χ4n) is 2.31. The number of hydrogen-bond acceptors (Lipinski definition) is 3. The summed E-state index contributed by atoms with van der Waals surface area (Å²) >= 11 is 3.45. The van der Waals surface area contributed by atoms with Gasteiger partial charge in [0.1, 0.15) is 11.5 Å². The number of ether oxygens (including phenoxy) is 1. The maximum Gasteiger partial charge on any atom is 0.136 e. The lowest BCUT2D eigenvalue weighted by atomic mass is 9.92. The van der Waals surface area contributed by atoms with Gasteiger partial charge >= 0.3 is 0 Å². The third kappa shape index (κ3) is 3.13. The Hall–Kier alpha value is -0.740. The second kappa shape index (κ2) is 5.74. The van der Waals surface area contributed by atoms with E-state index in [-0.39, 0.29) is 0 Å². The van der Waals surface area contributed by atoms with Crippen molar-refractivity contribution in [2.75, 3.05) is 20.2 Å². The Morgan fingerprint density at radius 3 is 3.00 bits per heavy atom. The first-order valence-electron chi connectivity index (χ1n) is 5.97. The second-order valence-electron chi connectivity index (χ2n) is 4.53. The van der Waals surface area contributed by atoms with Gasteiger partial charge in [0.05, 0.1) is 11.6 Å². The number of piperidine rings is 1. The van der Waals surface area contributed by atoms with E-state index >= 15 is 0 Å². The Bertz CT molecular complexity index is 389. The van der Waals surface area contributed by atoms with Crippen LogP contribution in [0, 0.1) is 5.92 Å². The van der Waals surface area contributed by atoms with Crippen molar-refractivity contribution in [1.82, 2.24) is 5.32 Å². The number of halogens is 1. The molecule has 0 saturated carbocycles. The largest absolute Gasteiger partial charge is 0.508 e. The van der Waals surface area contributed by atoms with Gasteiger partial charge < -0.3 is 15.2 Å². The molecule has 1 unspecified atom stereocenters. The number of methoxy groups -OCH3 is 1. The van der Waals surface area contributed by atoms with E-state index in [2.05, 4.69) is 21.2 Å². The van der Waals surface area contributed by atoms with Gasteiger partial charge in [-0.15, -0.1) is 0 Å². The fraction of sp³-hybridized carbons (Fsp3) is 0.538. The number of aromatic hydroxyl groups is 1. The standard InChI is InChI=1S/C13H18BrNO2/c1-17-13-7-12(16)10(6-11(13)14)5-9-3-2-4-15-8-9/h6-7,9,15-16H,2-5,8H2,1H3. The summed E-state index contributed by atoms with van der Waals surface area (Å²) in [7, 11) is 1.60. The van der Waals surface area contributed by atoms with Gasteiger partial charge in [0.15, 0.2) is 0 Å². The van der Waals surface area contributed by atoms with Crippen molar-refractivity contribution in [1.29, 1.82) is 0 Å². The Morgan fingerprint density at radius 2 is 2.35 bits per heavy atom. The smallest absolute Gasteiger partial charge is 0.136 e. The van der Waals surface area contributed by atoms with Crippen molar-refractivity contribution in [3.63, 3.8) is 0 Å². The molecule has 1 aromatic carbocycles. The first-order chi connectivity index (χ1) is 8.20. The molecule has 1 saturated heterocycles. The van der Waals surface area contributed by atoms with Gasteiger partial charge in [-0.1, -0.05) is 0 Å². The van der Waals surface area contributed by atoms with Crippen molar-refractivity contribution >= 4 is 15.9 Å². The summed E-state index contributed by atoms with van der Waals surface area (Å²) in [5.41, 5.74) is 0.992. The highest BCUT2D eigenvalue weighted by Crippen LogP contribution is 2.33. The molecule has 1 atom stereocenters. The molecule has 0 spiro atoms. The Labute approximate surface area is 110 Å². The Kier molecular flexibility index (Phi) is 4.29. The molecule has 1 aromatic rings. The molecule has 0 aromatic heterocycles. The Balaban J connectivity index is 2.12. The minimum Gasteiger partial charge on any atom is -0.508 e. The van der Waals surface area contributed by atoms with E-state index < -0.39 is 0 Å². The minimum atomic E-state index is 0.329. The van der Waals surface area contributed by atoms with Crippen LogP contribution in [0.5, 0.6) is 11.5 Å². The summed E-state index contributed by atoms with van der Waals surface area (Å²) in [6.07, 6.45) is 3.38. The molecular formula is C13H18BrNO2. The fourth-order valence-corrected chi connectivity index (χ4v) is 2.87. The van der Waals surface area contributed by atoms with E-state index in [1.165, 1.54) is 12.8 Å². The van der Waals surface area contributed by atoms with E-state index in [0.29, 0.717) is 17.4 Å². The van der Waals surface area contributed by atoms with Crippen LogP contribution in [0.3, 0.4) is 0 Å². The zero-order valence-electron chi connectivity index (χ0n) is 10.0. The van der Waals surface area contributed by atoms with Gasteiger partial charge in [-0.25, -0.2) is 0 Å². The maximum absolute atomic E-state index is 9.96. The molecule has 0 amide bonds. The van der Waals surface area contributed by atoms with Gasteiger partial charge in [0.2, 0.25) is 0 Å². The molecule has 4 heteroatoms. The number of hydrogen-bond donors (Lipinski definition) is 2. The molecule has 2 N–H and O–H groups in total. The molecule has 17 heavy (non-hydrogen) atoms. The summed E-state index contributed by atoms with van der Waals surface area (Å²) < 4.78 is 6.05. The van der Waals surface area contributed by atoms with Gasteiger partial charge in [0.25, 0.3) is 0 Å². The second-order valence-corrected chi connectivity index (χ2v) is 5.39. The monoisotopic (exact) mass is 299 g/mol. The van der Waals surface area contributed by atoms with Crippen LogP contribution in [0.1, 0.15) is 18.4 Å². The van der Waals surface area contributed by atoms with E-state index in [1.807, 2.05) is 6.07 Å². The average molecular weight is 300 g/mol. The first kappa shape index (κ1) is 12.7. The van der Waals surface area contributed by atoms with Crippen molar-refractivity contribution in [2.24, 2.45) is 5.92 Å². The average Bonchev–Trinajstić information content (AvgIpc) is 2.34. The summed E-state index contributed by atoms with van der Waals surface area (Å²) in [5, 5.41) is 13.3. The van der Waals surface area contributed by atoms with Crippen molar-refractivity contribution < 1.29 is 9.84 Å². The number of phenols is 1. The molecule has 0 radical (unpaired) electrons. The van der Waals surface area contributed by atoms with Gasteiger partial charge in [-0.05, 0) is 65.8 Å². The highest BCUT2D eigenvalue weighted by Gasteiger charge is 2.16. The van der Waals surface area contributed by atoms with Crippen molar-refractivity contribution in [3.05, 3.63) is 22.2 Å². The SMILES string of the molecule is COc1cc(O)c(CC2CCCNC2)cc1Br. The molecule has 1 heterocycles. The van der Waals surface area contributed by atoms with E-state index in [4.69, 9.17) is 4.74 Å². The summed E-state index contributed by atoms with van der Waals surface area (Å²) in [6.45, 7) is 2.16. The van der Waals surface area contributed by atoms with Crippen molar-refractivity contribution in [3.8, 4) is 11.5 Å². The van der Waals surface area contributed by atoms with E-state index in [0.717, 1.165) is 29.5 Å². The van der Waals surface area contributed by atoms with Crippen LogP contribution in [-0.4, -0.2) is 25.3 Å². The van der Waals surface area contributed by atoms with Crippen LogP contribution in [0.4, 0.5) is 0 Å². The predicted octanol–water partition coefficient (Wildman–Crippen LogP) is 2.71. The van der Waals surface area contributed by atoms with Crippen molar-refractivity contribution in [2.45, 2.75) is 19.3 Å². The number of rotatable bonds is 3. The quantitative estimate of drug-likeness (QED) is 0.902. The molecule has 2 rings (SSSR count). The van der Waals surface area contributed by atoms with Crippen LogP contribution in [0.2, 0.25) is 0 Å². The maximum atomic E-state index is 9.96. The van der Waals surface area contributed by atoms with Gasteiger partial charge in [-0.3, -0.25) is 0 Å². The molecule has 0 bridgehead atoms. The molecule has 3 nitrogen and oxygen atoms in total. The molecular weight excluding hydrogens is 282 g/mol. The van der Waals surface area contributed by atoms with Crippen LogP contribution in [0.25, 0.3) is 0 Å². The molecule has 0 aliphatic carbocycles. The molecule has 1 aliphatic rings. The zero-order chi connectivity index (χ0) is 12.3. The minimum absolute atomic E-state index is 0.329. The lowest BCUT2D eigenvalue weighted by Gasteiger charge is -2.23. The van der Waals surface area contributed by atoms with Crippen LogP contribution in [-0.2, 0) is 6.42 Å². The van der Waals surface area contributed by atoms with Crippen LogP contribution in [0.15, 0.2) is 16.6 Å². The highest BCUT2D eigenvalue weighted by atomic mass is 79.9. The topological polar surface area (TPSA) is 41.5 Å². The number of phenolic OH excluding ortho intramolecular Hbond substituents is 1. The highest BCUT2D eigenvalue weighted by molar-refractivity contribution is 9.10. The van der Waals surface area contributed by atoms with E-state index in [1.54, 1.807) is 13.2 Å². The summed E-state index contributed by atoms with van der Waals surface area (Å²) in [6, 6.07) is 3.64. The lowest BCUT2D eigenvalue weighted by molar-refractivity contribution is 0.367. The van der Waals surface area contributed by atoms with Gasteiger partial charge in [-0.2, -0.15) is 0 Å². The molecule has 1 aliphatic heterocycles. The third-order valence-corrected chi connectivity index (χ3v) is 3.88. The first-order valence-corrected chi connectivity index (χ1v) is 6.76. The predicted molar refractivity (Wildman–Crippen MR) is 71.7 cm³/mol. The van der Waals surface area contributed by atoms with Crippen LogP contribution >= 0.6 is 15.9 Å².